The van der Waals surface area contributed by atoms with Crippen molar-refractivity contribution >= 4 is 26.0 Å². The van der Waals surface area contributed by atoms with Crippen molar-refractivity contribution in [2.75, 3.05) is 13.1 Å². The highest BCUT2D eigenvalue weighted by molar-refractivity contribution is 9.10. The highest BCUT2D eigenvalue weighted by atomic mass is 79.9. The minimum absolute atomic E-state index is 0.183. The van der Waals surface area contributed by atoms with Crippen LogP contribution in [0.2, 0.25) is 0 Å². The van der Waals surface area contributed by atoms with Gasteiger partial charge in [-0.3, -0.25) is 0 Å². The Morgan fingerprint density at radius 1 is 1.44 bits per heavy atom. The van der Waals surface area contributed by atoms with Gasteiger partial charge in [-0.2, -0.15) is 4.31 Å². The van der Waals surface area contributed by atoms with Crippen LogP contribution >= 0.6 is 15.9 Å². The summed E-state index contributed by atoms with van der Waals surface area (Å²) in [5.74, 6) is 0. The summed E-state index contributed by atoms with van der Waals surface area (Å²) < 4.78 is 26.8. The molecule has 2 rings (SSSR count). The van der Waals surface area contributed by atoms with Crippen LogP contribution in [0.25, 0.3) is 0 Å². The van der Waals surface area contributed by atoms with Crippen molar-refractivity contribution in [2.45, 2.75) is 30.8 Å². The van der Waals surface area contributed by atoms with E-state index in [-0.39, 0.29) is 11.4 Å². The molecule has 1 aliphatic heterocycles. The van der Waals surface area contributed by atoms with Crippen LogP contribution in [0.3, 0.4) is 0 Å². The fourth-order valence-corrected chi connectivity index (χ4v) is 4.76. The zero-order chi connectivity index (χ0) is 13.3. The third kappa shape index (κ3) is 2.77. The van der Waals surface area contributed by atoms with E-state index in [1.165, 1.54) is 4.31 Å². The molecule has 0 saturated carbocycles. The second-order valence-corrected chi connectivity index (χ2v) is 7.35. The molecule has 6 heteroatoms. The van der Waals surface area contributed by atoms with Crippen LogP contribution < -0.4 is 0 Å². The van der Waals surface area contributed by atoms with Gasteiger partial charge in [-0.15, -0.1) is 0 Å². The number of hydrogen-bond donors (Lipinski definition) is 1. The SMILES string of the molecule is Cc1ccc(S(=O)(=O)N2CCC[C@H](O)C2)c(Br)c1. The summed E-state index contributed by atoms with van der Waals surface area (Å²) in [5, 5.41) is 9.59. The third-order valence-electron chi connectivity index (χ3n) is 3.06. The Hall–Kier alpha value is -0.430. The number of nitrogens with zero attached hydrogens (tertiary/aromatic N) is 1. The highest BCUT2D eigenvalue weighted by Gasteiger charge is 2.30. The number of aliphatic hydroxyl groups is 1. The minimum Gasteiger partial charge on any atom is -0.392 e. The number of sulfonamides is 1. The lowest BCUT2D eigenvalue weighted by Gasteiger charge is -2.29. The zero-order valence-electron chi connectivity index (χ0n) is 10.1. The summed E-state index contributed by atoms with van der Waals surface area (Å²) in [4.78, 5) is 0.266. The van der Waals surface area contributed by atoms with Crippen molar-refractivity contribution in [3.05, 3.63) is 28.2 Å². The van der Waals surface area contributed by atoms with Crippen LogP contribution in [0.4, 0.5) is 0 Å². The molecule has 0 radical (unpaired) electrons. The van der Waals surface area contributed by atoms with Crippen LogP contribution in [-0.4, -0.2) is 37.0 Å². The van der Waals surface area contributed by atoms with Crippen LogP contribution in [-0.2, 0) is 10.0 Å². The molecule has 0 bridgehead atoms. The summed E-state index contributed by atoms with van der Waals surface area (Å²) in [6.45, 7) is 2.56. The van der Waals surface area contributed by atoms with Crippen molar-refractivity contribution in [1.29, 1.82) is 0 Å². The largest absolute Gasteiger partial charge is 0.392 e. The highest BCUT2D eigenvalue weighted by Crippen LogP contribution is 2.27. The average Bonchev–Trinajstić information content (AvgIpc) is 2.28. The number of hydrogen-bond acceptors (Lipinski definition) is 3. The molecule has 1 saturated heterocycles. The van der Waals surface area contributed by atoms with Crippen LogP contribution in [0.15, 0.2) is 27.6 Å². The molecule has 100 valence electrons. The van der Waals surface area contributed by atoms with Crippen LogP contribution in [0.1, 0.15) is 18.4 Å². The fraction of sp³-hybridized carbons (Fsp3) is 0.500. The summed E-state index contributed by atoms with van der Waals surface area (Å²) in [6, 6.07) is 5.17. The molecule has 0 aliphatic carbocycles. The predicted octanol–water partition coefficient (Wildman–Crippen LogP) is 1.90. The summed E-state index contributed by atoms with van der Waals surface area (Å²) in [7, 11) is -3.52. The number of halogens is 1. The molecule has 1 heterocycles. The molecule has 1 atom stereocenters. The Labute approximate surface area is 116 Å². The monoisotopic (exact) mass is 333 g/mol. The average molecular weight is 334 g/mol. The molecule has 4 nitrogen and oxygen atoms in total. The van der Waals surface area contributed by atoms with Crippen LogP contribution in [0.5, 0.6) is 0 Å². The molecule has 1 aromatic rings. The Morgan fingerprint density at radius 3 is 2.78 bits per heavy atom. The van der Waals surface area contributed by atoms with Gasteiger partial charge in [0.25, 0.3) is 0 Å². The quantitative estimate of drug-likeness (QED) is 0.899. The number of β-amino-alcohol motifs (C(OH)–C–C–N with tert-alkyl or cyclic N) is 1. The van der Waals surface area contributed by atoms with Crippen molar-refractivity contribution < 1.29 is 13.5 Å². The maximum absolute atomic E-state index is 12.4. The molecule has 0 spiro atoms. The molecule has 1 N–H and O–H groups in total. The smallest absolute Gasteiger partial charge is 0.244 e. The first-order valence-electron chi connectivity index (χ1n) is 5.85. The lowest BCUT2D eigenvalue weighted by molar-refractivity contribution is 0.108. The zero-order valence-corrected chi connectivity index (χ0v) is 12.5. The Bertz CT molecular complexity index is 544. The van der Waals surface area contributed by atoms with E-state index in [0.717, 1.165) is 5.56 Å². The Balaban J connectivity index is 2.35. The Morgan fingerprint density at radius 2 is 2.17 bits per heavy atom. The van der Waals surface area contributed by atoms with Crippen molar-refractivity contribution in [3.8, 4) is 0 Å². The van der Waals surface area contributed by atoms with E-state index in [1.54, 1.807) is 18.2 Å². The molecule has 1 aliphatic rings. The molecule has 0 aromatic heterocycles. The van der Waals surface area contributed by atoms with E-state index >= 15 is 0 Å². The first kappa shape index (κ1) is 14.0. The fourth-order valence-electron chi connectivity index (χ4n) is 2.09. The number of aryl methyl sites for hydroxylation is 1. The third-order valence-corrected chi connectivity index (χ3v) is 5.91. The maximum Gasteiger partial charge on any atom is 0.244 e. The van der Waals surface area contributed by atoms with Gasteiger partial charge >= 0.3 is 0 Å². The van der Waals surface area contributed by atoms with Crippen molar-refractivity contribution in [1.82, 2.24) is 4.31 Å². The second-order valence-electron chi connectivity index (χ2n) is 4.59. The van der Waals surface area contributed by atoms with E-state index < -0.39 is 16.1 Å². The lowest BCUT2D eigenvalue weighted by atomic mass is 10.1. The molecule has 18 heavy (non-hydrogen) atoms. The molecule has 1 fully saturated rings. The normalized spacial score (nSPS) is 22.1. The maximum atomic E-state index is 12.4. The summed E-state index contributed by atoms with van der Waals surface area (Å²) in [5.41, 5.74) is 1.000. The van der Waals surface area contributed by atoms with Gasteiger partial charge in [0.05, 0.1) is 11.0 Å². The number of aliphatic hydroxyl groups excluding tert-OH is 1. The standard InChI is InChI=1S/C12H16BrNO3S/c1-9-4-5-12(11(13)7-9)18(16,17)14-6-2-3-10(15)8-14/h4-5,7,10,15H,2-3,6,8H2,1H3/t10-/m0/s1. The van der Waals surface area contributed by atoms with Gasteiger partial charge in [-0.05, 0) is 53.4 Å². The predicted molar refractivity (Wildman–Crippen MR) is 72.9 cm³/mol. The van der Waals surface area contributed by atoms with Gasteiger partial charge in [-0.25, -0.2) is 8.42 Å². The van der Waals surface area contributed by atoms with E-state index in [4.69, 9.17) is 0 Å². The number of piperidine rings is 1. The van der Waals surface area contributed by atoms with Crippen LogP contribution in [0, 0.1) is 6.92 Å². The summed E-state index contributed by atoms with van der Waals surface area (Å²) in [6.07, 6.45) is 0.808. The van der Waals surface area contributed by atoms with E-state index in [1.807, 2.05) is 6.92 Å². The topological polar surface area (TPSA) is 57.6 Å². The minimum atomic E-state index is -3.52. The molecular formula is C12H16BrNO3S. The molecule has 0 unspecified atom stereocenters. The molecular weight excluding hydrogens is 318 g/mol. The molecule has 0 amide bonds. The van der Waals surface area contributed by atoms with Gasteiger partial charge < -0.3 is 5.11 Å². The first-order chi connectivity index (χ1) is 8.41. The van der Waals surface area contributed by atoms with Gasteiger partial charge in [0.1, 0.15) is 0 Å². The number of rotatable bonds is 2. The van der Waals surface area contributed by atoms with Gasteiger partial charge in [-0.1, -0.05) is 6.07 Å². The number of benzene rings is 1. The lowest BCUT2D eigenvalue weighted by Crippen LogP contribution is -2.42. The Kier molecular flexibility index (Phi) is 4.11. The van der Waals surface area contributed by atoms with Gasteiger partial charge in [0.2, 0.25) is 10.0 Å². The van der Waals surface area contributed by atoms with E-state index in [0.29, 0.717) is 23.9 Å². The second kappa shape index (κ2) is 5.28. The van der Waals surface area contributed by atoms with Gasteiger partial charge in [0, 0.05) is 17.6 Å². The van der Waals surface area contributed by atoms with Gasteiger partial charge in [0.15, 0.2) is 0 Å². The molecule has 1 aromatic carbocycles. The first-order valence-corrected chi connectivity index (χ1v) is 8.09. The van der Waals surface area contributed by atoms with E-state index in [9.17, 15) is 13.5 Å². The van der Waals surface area contributed by atoms with E-state index in [2.05, 4.69) is 15.9 Å². The summed E-state index contributed by atoms with van der Waals surface area (Å²) >= 11 is 3.30. The van der Waals surface area contributed by atoms with Crippen molar-refractivity contribution in [2.24, 2.45) is 0 Å². The van der Waals surface area contributed by atoms with Crippen molar-refractivity contribution in [3.63, 3.8) is 0 Å².